The van der Waals surface area contributed by atoms with Crippen LogP contribution < -0.4 is 16.2 Å². The second-order valence-corrected chi connectivity index (χ2v) is 4.91. The third kappa shape index (κ3) is 8.65. The minimum Gasteiger partial charge on any atom is -0.484 e. The molecule has 4 heteroatoms. The van der Waals surface area contributed by atoms with Crippen molar-refractivity contribution in [2.75, 3.05) is 13.6 Å². The van der Waals surface area contributed by atoms with Gasteiger partial charge >= 0.3 is 0 Å². The molecule has 4 nitrogen and oxygen atoms in total. The first kappa shape index (κ1) is 22.1. The number of benzene rings is 1. The largest absolute Gasteiger partial charge is 0.484 e. The van der Waals surface area contributed by atoms with Crippen LogP contribution in [0, 0.1) is 0 Å². The molecule has 0 aliphatic heterocycles. The first-order valence-electron chi connectivity index (χ1n) is 8.70. The van der Waals surface area contributed by atoms with Gasteiger partial charge in [0, 0.05) is 12.6 Å². The predicted molar refractivity (Wildman–Crippen MR) is 106 cm³/mol. The van der Waals surface area contributed by atoms with Crippen molar-refractivity contribution in [2.45, 2.75) is 46.1 Å². The molecule has 0 radical (unpaired) electrons. The summed E-state index contributed by atoms with van der Waals surface area (Å²) in [5.41, 5.74) is 12.1. The maximum atomic E-state index is 6.02. The van der Waals surface area contributed by atoms with Gasteiger partial charge in [-0.15, -0.1) is 0 Å². The minimum atomic E-state index is 0.0964. The van der Waals surface area contributed by atoms with E-state index in [4.69, 9.17) is 10.5 Å². The van der Waals surface area contributed by atoms with E-state index in [0.717, 1.165) is 30.7 Å². The summed E-state index contributed by atoms with van der Waals surface area (Å²) in [6.45, 7) is 6.80. The number of rotatable bonds is 6. The van der Waals surface area contributed by atoms with Crippen LogP contribution in [0.1, 0.15) is 40.0 Å². The Morgan fingerprint density at radius 2 is 1.96 bits per heavy atom. The van der Waals surface area contributed by atoms with E-state index in [2.05, 4.69) is 35.9 Å². The number of para-hydroxylation sites is 2. The molecular weight excluding hydrogens is 298 g/mol. The fourth-order valence-electron chi connectivity index (χ4n) is 1.99. The van der Waals surface area contributed by atoms with Crippen molar-refractivity contribution in [1.82, 2.24) is 0 Å². The number of nitrogens with zero attached hydrogens (tertiary/aromatic N) is 1. The fourth-order valence-corrected chi connectivity index (χ4v) is 1.99. The van der Waals surface area contributed by atoms with E-state index in [1.807, 2.05) is 44.3 Å². The van der Waals surface area contributed by atoms with Crippen LogP contribution in [-0.2, 0) is 0 Å². The summed E-state index contributed by atoms with van der Waals surface area (Å²) in [5.74, 6) is 0.833. The summed E-state index contributed by atoms with van der Waals surface area (Å²) in [5, 5.41) is 0. The molecule has 0 saturated heterocycles. The lowest BCUT2D eigenvalue weighted by Crippen LogP contribution is -2.14. The van der Waals surface area contributed by atoms with Gasteiger partial charge < -0.3 is 16.2 Å². The Kier molecular flexibility index (Phi) is 13.5. The highest BCUT2D eigenvalue weighted by atomic mass is 16.5. The lowest BCUT2D eigenvalue weighted by atomic mass is 10.1. The molecule has 24 heavy (non-hydrogen) atoms. The molecule has 0 saturated carbocycles. The molecule has 1 aliphatic rings. The lowest BCUT2D eigenvalue weighted by molar-refractivity contribution is 0.252. The van der Waals surface area contributed by atoms with E-state index >= 15 is 0 Å². The minimum absolute atomic E-state index is 0.0964. The van der Waals surface area contributed by atoms with E-state index < -0.39 is 0 Å². The molecule has 0 heterocycles. The number of nitrogens with two attached hydrogens (primary N) is 2. The second kappa shape index (κ2) is 14.7. The van der Waals surface area contributed by atoms with Gasteiger partial charge in [0.15, 0.2) is 0 Å². The van der Waals surface area contributed by atoms with Gasteiger partial charge in [-0.05, 0) is 51.6 Å². The van der Waals surface area contributed by atoms with Gasteiger partial charge in [0.25, 0.3) is 0 Å². The van der Waals surface area contributed by atoms with Crippen LogP contribution >= 0.6 is 0 Å². The van der Waals surface area contributed by atoms with E-state index in [9.17, 15) is 0 Å². The molecule has 1 aliphatic carbocycles. The van der Waals surface area contributed by atoms with Gasteiger partial charge in [-0.1, -0.05) is 43.7 Å². The zero-order chi connectivity index (χ0) is 18.2. The Hall–Kier alpha value is -1.91. The monoisotopic (exact) mass is 331 g/mol. The van der Waals surface area contributed by atoms with Gasteiger partial charge in [0.1, 0.15) is 17.5 Å². The van der Waals surface area contributed by atoms with Crippen molar-refractivity contribution < 1.29 is 4.74 Å². The average molecular weight is 332 g/mol. The van der Waals surface area contributed by atoms with Gasteiger partial charge in [0.2, 0.25) is 0 Å². The first-order valence-corrected chi connectivity index (χ1v) is 8.70. The molecule has 0 spiro atoms. The highest BCUT2D eigenvalue weighted by Gasteiger charge is 2.10. The van der Waals surface area contributed by atoms with Crippen LogP contribution in [-0.4, -0.2) is 25.9 Å². The fraction of sp³-hybridized carbons (Fsp3) is 0.450. The number of hydrogen-bond donors (Lipinski definition) is 2. The van der Waals surface area contributed by atoms with Crippen LogP contribution in [0.4, 0.5) is 5.69 Å². The van der Waals surface area contributed by atoms with Crippen LogP contribution in [0.25, 0.3) is 0 Å². The van der Waals surface area contributed by atoms with E-state index in [1.54, 1.807) is 0 Å². The number of ether oxygens (including phenoxy) is 1. The quantitative estimate of drug-likeness (QED) is 0.600. The number of hydrogen-bond acceptors (Lipinski definition) is 4. The average Bonchev–Trinajstić information content (AvgIpc) is 2.65. The van der Waals surface area contributed by atoms with Crippen molar-refractivity contribution in [3.63, 3.8) is 0 Å². The van der Waals surface area contributed by atoms with Crippen molar-refractivity contribution in [2.24, 2.45) is 16.5 Å². The van der Waals surface area contributed by atoms with Crippen molar-refractivity contribution in [3.8, 4) is 5.75 Å². The molecule has 4 N–H and O–H groups in total. The third-order valence-corrected chi connectivity index (χ3v) is 3.16. The molecule has 1 unspecified atom stereocenters. The number of unbranched alkanes of at least 4 members (excludes halogenated alkanes) is 1. The smallest absolute Gasteiger partial charge is 0.145 e. The van der Waals surface area contributed by atoms with Crippen LogP contribution in [0.3, 0.4) is 0 Å². The van der Waals surface area contributed by atoms with Crippen LogP contribution in [0.2, 0.25) is 0 Å². The standard InChI is InChI=1S/C17H22N2O.C2H6.CH5N/c1-14-8-10-15(11-9-14)20-17-7-3-2-6-16(17)19-13-5-4-12-18;2*1-2/h2-3,6-10,13,15H,4-5,11-12,18H2,1H3;1-2H3;2H2,1H3. The normalized spacial score (nSPS) is 15.8. The van der Waals surface area contributed by atoms with Gasteiger partial charge in [-0.25, -0.2) is 0 Å². The highest BCUT2D eigenvalue weighted by molar-refractivity contribution is 5.66. The van der Waals surface area contributed by atoms with Gasteiger partial charge in [-0.2, -0.15) is 0 Å². The Labute approximate surface area is 147 Å². The first-order chi connectivity index (χ1) is 11.8. The molecule has 0 aromatic heterocycles. The topological polar surface area (TPSA) is 73.6 Å². The van der Waals surface area contributed by atoms with E-state index in [-0.39, 0.29) is 6.10 Å². The molecule has 0 amide bonds. The Balaban J connectivity index is 0.00000123. The zero-order valence-electron chi connectivity index (χ0n) is 15.5. The maximum Gasteiger partial charge on any atom is 0.145 e. The summed E-state index contributed by atoms with van der Waals surface area (Å²) in [7, 11) is 1.50. The van der Waals surface area contributed by atoms with E-state index in [1.165, 1.54) is 12.6 Å². The Bertz CT molecular complexity index is 521. The van der Waals surface area contributed by atoms with Gasteiger partial charge in [0.05, 0.1) is 0 Å². The molecule has 2 rings (SSSR count). The molecule has 134 valence electrons. The summed E-state index contributed by atoms with van der Waals surface area (Å²) < 4.78 is 6.02. The Morgan fingerprint density at radius 1 is 1.25 bits per heavy atom. The second-order valence-electron chi connectivity index (χ2n) is 4.91. The molecule has 0 fully saturated rings. The highest BCUT2D eigenvalue weighted by Crippen LogP contribution is 2.29. The van der Waals surface area contributed by atoms with Crippen molar-refractivity contribution in [3.05, 3.63) is 48.1 Å². The van der Waals surface area contributed by atoms with Crippen LogP contribution in [0.15, 0.2) is 53.1 Å². The molecule has 0 bridgehead atoms. The molecule has 1 aromatic carbocycles. The predicted octanol–water partition coefficient (Wildman–Crippen LogP) is 4.38. The maximum absolute atomic E-state index is 6.02. The lowest BCUT2D eigenvalue weighted by Gasteiger charge is -2.18. The number of aliphatic imine (C=N–C) groups is 1. The summed E-state index contributed by atoms with van der Waals surface area (Å²) >= 11 is 0. The summed E-state index contributed by atoms with van der Waals surface area (Å²) in [6.07, 6.45) is 11.2. The third-order valence-electron chi connectivity index (χ3n) is 3.16. The van der Waals surface area contributed by atoms with Crippen molar-refractivity contribution in [1.29, 1.82) is 0 Å². The van der Waals surface area contributed by atoms with Crippen LogP contribution in [0.5, 0.6) is 5.75 Å². The molecular formula is C20H33N3O. The zero-order valence-corrected chi connectivity index (χ0v) is 15.5. The van der Waals surface area contributed by atoms with E-state index in [0.29, 0.717) is 6.54 Å². The summed E-state index contributed by atoms with van der Waals surface area (Å²) in [6, 6.07) is 7.89. The van der Waals surface area contributed by atoms with Crippen molar-refractivity contribution >= 4 is 11.9 Å². The SMILES string of the molecule is CC.CC1=CCC(Oc2ccccc2N=CCCCN)C=C1.CN. The number of allylic oxidation sites excluding steroid dienone is 2. The van der Waals surface area contributed by atoms with Gasteiger partial charge in [-0.3, -0.25) is 4.99 Å². The summed E-state index contributed by atoms with van der Waals surface area (Å²) in [4.78, 5) is 4.48. The molecule has 1 aromatic rings. The molecule has 1 atom stereocenters. The Morgan fingerprint density at radius 3 is 2.58 bits per heavy atom.